The first kappa shape index (κ1) is 12.3. The first-order valence-corrected chi connectivity index (χ1v) is 4.84. The minimum absolute atomic E-state index is 0.0126. The van der Waals surface area contributed by atoms with Crippen molar-refractivity contribution in [2.45, 2.75) is 6.92 Å². The van der Waals surface area contributed by atoms with Crippen molar-refractivity contribution in [1.82, 2.24) is 4.98 Å². The molecule has 0 spiro atoms. The van der Waals surface area contributed by atoms with Gasteiger partial charge in [-0.05, 0) is 6.92 Å². The van der Waals surface area contributed by atoms with Crippen LogP contribution in [0.5, 0.6) is 5.88 Å². The fraction of sp³-hybridized carbons (Fsp3) is 0.400. The number of aromatic carboxylic acids is 1. The second kappa shape index (κ2) is 5.92. The van der Waals surface area contributed by atoms with Crippen LogP contribution in [0.15, 0.2) is 12.3 Å². The highest BCUT2D eigenvalue weighted by Crippen LogP contribution is 2.16. The number of hydrogen-bond donors (Lipinski definition) is 2. The summed E-state index contributed by atoms with van der Waals surface area (Å²) in [5.74, 6) is -0.874. The minimum Gasteiger partial charge on any atom is -0.478 e. The van der Waals surface area contributed by atoms with Gasteiger partial charge in [0.25, 0.3) is 0 Å². The van der Waals surface area contributed by atoms with E-state index in [1.54, 1.807) is 0 Å². The number of anilines is 1. The molecule has 0 atom stereocenters. The molecular weight excluding hydrogens is 212 g/mol. The molecule has 0 unspecified atom stereocenters. The van der Waals surface area contributed by atoms with Crippen molar-refractivity contribution in [2.24, 2.45) is 0 Å². The molecule has 0 fully saturated rings. The molecule has 3 N–H and O–H groups in total. The molecule has 0 bridgehead atoms. The van der Waals surface area contributed by atoms with Gasteiger partial charge in [0.05, 0.1) is 24.1 Å². The zero-order valence-corrected chi connectivity index (χ0v) is 8.97. The maximum atomic E-state index is 10.8. The smallest absolute Gasteiger partial charge is 0.338 e. The van der Waals surface area contributed by atoms with Crippen molar-refractivity contribution in [2.75, 3.05) is 25.6 Å². The summed E-state index contributed by atoms with van der Waals surface area (Å²) in [6.07, 6.45) is 1.26. The summed E-state index contributed by atoms with van der Waals surface area (Å²) in [5.41, 5.74) is 5.55. The molecule has 0 amide bonds. The first-order chi connectivity index (χ1) is 7.65. The molecule has 88 valence electrons. The maximum Gasteiger partial charge on any atom is 0.338 e. The monoisotopic (exact) mass is 226 g/mol. The van der Waals surface area contributed by atoms with E-state index in [2.05, 4.69) is 4.98 Å². The standard InChI is InChI=1S/C10H14N2O4/c1-2-15-3-4-16-9-5-7(10(13)14)8(11)6-12-9/h5-6H,2-4,11H2,1H3,(H,13,14). The predicted molar refractivity (Wildman–Crippen MR) is 57.6 cm³/mol. The lowest BCUT2D eigenvalue weighted by Crippen LogP contribution is -2.09. The molecule has 1 heterocycles. The van der Waals surface area contributed by atoms with Gasteiger partial charge in [-0.15, -0.1) is 0 Å². The largest absolute Gasteiger partial charge is 0.478 e. The second-order valence-electron chi connectivity index (χ2n) is 2.96. The highest BCUT2D eigenvalue weighted by Gasteiger charge is 2.10. The number of nitrogens with zero attached hydrogens (tertiary/aromatic N) is 1. The zero-order valence-electron chi connectivity index (χ0n) is 8.97. The van der Waals surface area contributed by atoms with Crippen molar-refractivity contribution in [3.8, 4) is 5.88 Å². The lowest BCUT2D eigenvalue weighted by atomic mass is 10.2. The van der Waals surface area contributed by atoms with E-state index in [1.807, 2.05) is 6.92 Å². The molecule has 6 heteroatoms. The van der Waals surface area contributed by atoms with Gasteiger partial charge in [0.2, 0.25) is 5.88 Å². The molecule has 16 heavy (non-hydrogen) atoms. The molecular formula is C10H14N2O4. The molecule has 0 aromatic carbocycles. The number of nitrogen functional groups attached to an aromatic ring is 1. The van der Waals surface area contributed by atoms with E-state index >= 15 is 0 Å². The number of carboxylic acid groups (broad SMARTS) is 1. The summed E-state index contributed by atoms with van der Waals surface area (Å²) in [5, 5.41) is 8.81. The van der Waals surface area contributed by atoms with E-state index in [-0.39, 0.29) is 17.1 Å². The first-order valence-electron chi connectivity index (χ1n) is 4.84. The fourth-order valence-electron chi connectivity index (χ4n) is 1.06. The third kappa shape index (κ3) is 3.39. The van der Waals surface area contributed by atoms with Crippen LogP contribution in [-0.4, -0.2) is 35.9 Å². The average molecular weight is 226 g/mol. The summed E-state index contributed by atoms with van der Waals surface area (Å²) in [6.45, 7) is 3.25. The maximum absolute atomic E-state index is 10.8. The molecule has 0 aliphatic rings. The Kier molecular flexibility index (Phi) is 4.53. The van der Waals surface area contributed by atoms with Crippen LogP contribution >= 0.6 is 0 Å². The van der Waals surface area contributed by atoms with E-state index < -0.39 is 5.97 Å². The SMILES string of the molecule is CCOCCOc1cc(C(=O)O)c(N)cn1. The Morgan fingerprint density at radius 2 is 2.31 bits per heavy atom. The van der Waals surface area contributed by atoms with Crippen molar-refractivity contribution in [1.29, 1.82) is 0 Å². The Bertz CT molecular complexity index is 368. The summed E-state index contributed by atoms with van der Waals surface area (Å²) in [4.78, 5) is 14.6. The number of carbonyl (C=O) groups is 1. The Morgan fingerprint density at radius 3 is 2.94 bits per heavy atom. The Balaban J connectivity index is 2.61. The Hall–Kier alpha value is -1.82. The van der Waals surface area contributed by atoms with Crippen molar-refractivity contribution in [3.05, 3.63) is 17.8 Å². The number of carboxylic acids is 1. The van der Waals surface area contributed by atoms with E-state index in [0.29, 0.717) is 19.8 Å². The average Bonchev–Trinajstić information content (AvgIpc) is 2.26. The number of rotatable bonds is 6. The van der Waals surface area contributed by atoms with E-state index in [1.165, 1.54) is 12.3 Å². The van der Waals surface area contributed by atoms with Crippen LogP contribution in [0.25, 0.3) is 0 Å². The van der Waals surface area contributed by atoms with Crippen LogP contribution in [0.1, 0.15) is 17.3 Å². The molecule has 0 aliphatic heterocycles. The summed E-state index contributed by atoms with van der Waals surface area (Å²) < 4.78 is 10.3. The molecule has 1 aromatic heterocycles. The highest BCUT2D eigenvalue weighted by molar-refractivity contribution is 5.93. The number of ether oxygens (including phenoxy) is 2. The van der Waals surface area contributed by atoms with Crippen LogP contribution in [0.2, 0.25) is 0 Å². The van der Waals surface area contributed by atoms with Gasteiger partial charge in [-0.1, -0.05) is 0 Å². The third-order valence-electron chi connectivity index (χ3n) is 1.82. The molecule has 6 nitrogen and oxygen atoms in total. The molecule has 1 rings (SSSR count). The van der Waals surface area contributed by atoms with Crippen LogP contribution in [0.4, 0.5) is 5.69 Å². The molecule has 1 aromatic rings. The van der Waals surface area contributed by atoms with Crippen molar-refractivity contribution >= 4 is 11.7 Å². The summed E-state index contributed by atoms with van der Waals surface area (Å²) >= 11 is 0. The van der Waals surface area contributed by atoms with Crippen molar-refractivity contribution < 1.29 is 19.4 Å². The van der Waals surface area contributed by atoms with Crippen LogP contribution in [-0.2, 0) is 4.74 Å². The summed E-state index contributed by atoms with van der Waals surface area (Å²) in [7, 11) is 0. The van der Waals surface area contributed by atoms with Gasteiger partial charge in [-0.2, -0.15) is 0 Å². The minimum atomic E-state index is -1.10. The van der Waals surface area contributed by atoms with Gasteiger partial charge < -0.3 is 20.3 Å². The molecule has 0 aliphatic carbocycles. The van der Waals surface area contributed by atoms with Gasteiger partial charge in [0.15, 0.2) is 0 Å². The third-order valence-corrected chi connectivity index (χ3v) is 1.82. The Labute approximate surface area is 93.0 Å². The predicted octanol–water partition coefficient (Wildman–Crippen LogP) is 0.777. The lowest BCUT2D eigenvalue weighted by Gasteiger charge is -2.06. The topological polar surface area (TPSA) is 94.7 Å². The molecule has 0 saturated carbocycles. The van der Waals surface area contributed by atoms with Gasteiger partial charge >= 0.3 is 5.97 Å². The van der Waals surface area contributed by atoms with E-state index in [0.717, 1.165) is 0 Å². The number of hydrogen-bond acceptors (Lipinski definition) is 5. The number of pyridine rings is 1. The van der Waals surface area contributed by atoms with Gasteiger partial charge in [-0.3, -0.25) is 0 Å². The second-order valence-corrected chi connectivity index (χ2v) is 2.96. The van der Waals surface area contributed by atoms with Gasteiger partial charge in [0.1, 0.15) is 6.61 Å². The van der Waals surface area contributed by atoms with Crippen molar-refractivity contribution in [3.63, 3.8) is 0 Å². The highest BCUT2D eigenvalue weighted by atomic mass is 16.5. The number of nitrogens with two attached hydrogens (primary N) is 1. The number of aromatic nitrogens is 1. The van der Waals surface area contributed by atoms with Crippen LogP contribution < -0.4 is 10.5 Å². The Morgan fingerprint density at radius 1 is 1.56 bits per heavy atom. The quantitative estimate of drug-likeness (QED) is 0.696. The lowest BCUT2D eigenvalue weighted by molar-refractivity contribution is 0.0697. The summed E-state index contributed by atoms with van der Waals surface area (Å²) in [6, 6.07) is 1.30. The zero-order chi connectivity index (χ0) is 12.0. The van der Waals surface area contributed by atoms with E-state index in [4.69, 9.17) is 20.3 Å². The fourth-order valence-corrected chi connectivity index (χ4v) is 1.06. The molecule has 0 saturated heterocycles. The van der Waals surface area contributed by atoms with Gasteiger partial charge in [-0.25, -0.2) is 9.78 Å². The van der Waals surface area contributed by atoms with Crippen LogP contribution in [0, 0.1) is 0 Å². The van der Waals surface area contributed by atoms with Crippen LogP contribution in [0.3, 0.4) is 0 Å². The molecule has 0 radical (unpaired) electrons. The van der Waals surface area contributed by atoms with E-state index in [9.17, 15) is 4.79 Å². The normalized spacial score (nSPS) is 10.1. The van der Waals surface area contributed by atoms with Gasteiger partial charge in [0, 0.05) is 12.7 Å².